The molecule has 6 N–H and O–H groups in total. The molecule has 234 valence electrons. The van der Waals surface area contributed by atoms with Crippen molar-refractivity contribution in [2.45, 2.75) is 50.6 Å². The van der Waals surface area contributed by atoms with Gasteiger partial charge in [0.25, 0.3) is 0 Å². The van der Waals surface area contributed by atoms with Crippen LogP contribution in [0.1, 0.15) is 60.3 Å². The zero-order valence-corrected chi connectivity index (χ0v) is 26.1. The zero-order valence-electron chi connectivity index (χ0n) is 25.4. The summed E-state index contributed by atoms with van der Waals surface area (Å²) in [6.45, 7) is 0. The minimum atomic E-state index is 0.425. The number of nitrogen functional groups attached to an aromatic ring is 2. The van der Waals surface area contributed by atoms with E-state index in [9.17, 15) is 0 Å². The average molecular weight is 643 g/mol. The minimum Gasteiger partial charge on any atom is -0.383 e. The van der Waals surface area contributed by atoms with Crippen LogP contribution < -0.4 is 11.5 Å². The standard InChI is InChI=1S/C17H15ClN6.C17H16N6/c18-15-11(10-3-1-2-4-12(10)22-15)7-13-14-16(19)20-8-21-17(14)24(23-13)9-5-6-9;18-16-15-14(7-10-8-19-13-4-2-1-3-12(10)13)22-23(11-5-6-11)17(15)21-9-20-16/h1-4,8-9,22H,5-7H2,(H2,19,20,21);1-4,8-9,11,19H,5-7H2,(H2,18,20,21). The molecule has 10 rings (SSSR count). The van der Waals surface area contributed by atoms with Crippen LogP contribution in [0.5, 0.6) is 0 Å². The number of halogens is 1. The van der Waals surface area contributed by atoms with Gasteiger partial charge in [-0.05, 0) is 43.4 Å². The normalized spacial score (nSPS) is 14.7. The van der Waals surface area contributed by atoms with Gasteiger partial charge in [-0.3, -0.25) is 0 Å². The fourth-order valence-corrected chi connectivity index (χ4v) is 6.77. The van der Waals surface area contributed by atoms with Crippen molar-refractivity contribution in [2.24, 2.45) is 0 Å². The number of fused-ring (bicyclic) bond motifs is 4. The molecule has 2 aliphatic carbocycles. The molecular formula is C34H31ClN12. The first-order valence-electron chi connectivity index (χ1n) is 15.8. The van der Waals surface area contributed by atoms with Crippen molar-refractivity contribution in [3.8, 4) is 0 Å². The molecule has 0 spiro atoms. The van der Waals surface area contributed by atoms with Crippen LogP contribution in [0.15, 0.2) is 67.4 Å². The third kappa shape index (κ3) is 4.83. The summed E-state index contributed by atoms with van der Waals surface area (Å²) in [5, 5.41) is 14.3. The molecule has 2 aromatic carbocycles. The second kappa shape index (κ2) is 10.8. The van der Waals surface area contributed by atoms with Crippen LogP contribution in [0.25, 0.3) is 43.9 Å². The Morgan fingerprint density at radius 3 is 1.87 bits per heavy atom. The number of hydrogen-bond donors (Lipinski definition) is 4. The van der Waals surface area contributed by atoms with Crippen molar-refractivity contribution in [2.75, 3.05) is 11.5 Å². The summed E-state index contributed by atoms with van der Waals surface area (Å²) in [7, 11) is 0. The summed E-state index contributed by atoms with van der Waals surface area (Å²) in [6.07, 6.45) is 11.0. The van der Waals surface area contributed by atoms with Crippen molar-refractivity contribution in [3.63, 3.8) is 0 Å². The Morgan fingerprint density at radius 1 is 0.702 bits per heavy atom. The van der Waals surface area contributed by atoms with Crippen LogP contribution in [0.4, 0.5) is 11.6 Å². The van der Waals surface area contributed by atoms with Gasteiger partial charge in [0.2, 0.25) is 0 Å². The van der Waals surface area contributed by atoms with E-state index in [0.717, 1.165) is 87.5 Å². The van der Waals surface area contributed by atoms with Gasteiger partial charge in [0.05, 0.1) is 34.2 Å². The lowest BCUT2D eigenvalue weighted by atomic mass is 10.1. The molecule has 0 unspecified atom stereocenters. The maximum atomic E-state index is 6.44. The first kappa shape index (κ1) is 27.8. The monoisotopic (exact) mass is 642 g/mol. The average Bonchev–Trinajstić information content (AvgIpc) is 3.98. The molecular weight excluding hydrogens is 612 g/mol. The Kier molecular flexibility index (Phi) is 6.39. The predicted octanol–water partition coefficient (Wildman–Crippen LogP) is 6.28. The number of anilines is 2. The van der Waals surface area contributed by atoms with Crippen LogP contribution >= 0.6 is 11.6 Å². The summed E-state index contributed by atoms with van der Waals surface area (Å²) in [5.74, 6) is 0.981. The third-order valence-corrected chi connectivity index (χ3v) is 9.43. The number of benzene rings is 2. The lowest BCUT2D eigenvalue weighted by Crippen LogP contribution is -1.99. The van der Waals surface area contributed by atoms with Gasteiger partial charge in [0.1, 0.15) is 29.4 Å². The fourth-order valence-electron chi connectivity index (χ4n) is 6.50. The third-order valence-electron chi connectivity index (χ3n) is 9.11. The molecule has 0 aliphatic heterocycles. The molecule has 0 bridgehead atoms. The summed E-state index contributed by atoms with van der Waals surface area (Å²) < 4.78 is 4.02. The number of aromatic nitrogens is 10. The van der Waals surface area contributed by atoms with Crippen LogP contribution in [-0.2, 0) is 12.8 Å². The Morgan fingerprint density at radius 2 is 1.26 bits per heavy atom. The largest absolute Gasteiger partial charge is 0.383 e. The molecule has 47 heavy (non-hydrogen) atoms. The summed E-state index contributed by atoms with van der Waals surface area (Å²) >= 11 is 6.44. The molecule has 12 nitrogen and oxygen atoms in total. The second-order valence-corrected chi connectivity index (χ2v) is 12.7. The molecule has 2 aliphatic rings. The van der Waals surface area contributed by atoms with E-state index in [0.29, 0.717) is 35.3 Å². The van der Waals surface area contributed by atoms with Gasteiger partial charge in [0, 0.05) is 46.4 Å². The van der Waals surface area contributed by atoms with Crippen molar-refractivity contribution in [3.05, 3.63) is 95.1 Å². The maximum absolute atomic E-state index is 6.44. The SMILES string of the molecule is Nc1ncnc2c1c(Cc1c(Cl)[nH]c3ccccc13)nn2C1CC1.Nc1ncnc2c1c(Cc1c[nH]c3ccccc13)nn2C1CC1. The van der Waals surface area contributed by atoms with Crippen molar-refractivity contribution < 1.29 is 0 Å². The Labute approximate surface area is 273 Å². The number of nitrogens with two attached hydrogens (primary N) is 2. The number of nitrogens with one attached hydrogen (secondary N) is 2. The summed E-state index contributed by atoms with van der Waals surface area (Å²) in [4.78, 5) is 23.7. The van der Waals surface area contributed by atoms with Crippen molar-refractivity contribution in [1.82, 2.24) is 49.5 Å². The van der Waals surface area contributed by atoms with E-state index in [4.69, 9.17) is 33.3 Å². The van der Waals surface area contributed by atoms with Crippen LogP contribution in [0.2, 0.25) is 5.15 Å². The highest BCUT2D eigenvalue weighted by Crippen LogP contribution is 2.40. The summed E-state index contributed by atoms with van der Waals surface area (Å²) in [6, 6.07) is 17.3. The van der Waals surface area contributed by atoms with Crippen molar-refractivity contribution in [1.29, 1.82) is 0 Å². The van der Waals surface area contributed by atoms with E-state index in [1.165, 1.54) is 23.6 Å². The zero-order chi connectivity index (χ0) is 31.6. The van der Waals surface area contributed by atoms with Gasteiger partial charge < -0.3 is 21.4 Å². The number of hydrogen-bond acceptors (Lipinski definition) is 8. The Hall–Kier alpha value is -5.49. The Bertz CT molecular complexity index is 2440. The smallest absolute Gasteiger partial charge is 0.163 e. The highest BCUT2D eigenvalue weighted by molar-refractivity contribution is 6.31. The number of aromatic amines is 2. The lowest BCUT2D eigenvalue weighted by molar-refractivity contribution is 0.648. The quantitative estimate of drug-likeness (QED) is 0.164. The molecule has 8 aromatic rings. The number of para-hydroxylation sites is 2. The fraction of sp³-hybridized carbons (Fsp3) is 0.235. The van der Waals surface area contributed by atoms with Gasteiger partial charge in [-0.1, -0.05) is 48.0 Å². The van der Waals surface area contributed by atoms with E-state index >= 15 is 0 Å². The van der Waals surface area contributed by atoms with Crippen LogP contribution in [0, 0.1) is 0 Å². The first-order valence-corrected chi connectivity index (χ1v) is 16.2. The molecule has 2 saturated carbocycles. The number of nitrogens with zero attached hydrogens (tertiary/aromatic N) is 8. The van der Waals surface area contributed by atoms with Crippen molar-refractivity contribution >= 4 is 67.1 Å². The van der Waals surface area contributed by atoms with Gasteiger partial charge in [-0.25, -0.2) is 29.3 Å². The van der Waals surface area contributed by atoms with E-state index < -0.39 is 0 Å². The topological polar surface area (TPSA) is 171 Å². The maximum Gasteiger partial charge on any atom is 0.163 e. The van der Waals surface area contributed by atoms with Crippen LogP contribution in [-0.4, -0.2) is 49.5 Å². The molecule has 0 saturated heterocycles. The lowest BCUT2D eigenvalue weighted by Gasteiger charge is -2.00. The first-order chi connectivity index (χ1) is 23.0. The van der Waals surface area contributed by atoms with Gasteiger partial charge in [0.15, 0.2) is 11.3 Å². The minimum absolute atomic E-state index is 0.425. The molecule has 2 fully saturated rings. The molecule has 0 atom stereocenters. The highest BCUT2D eigenvalue weighted by atomic mass is 35.5. The number of H-pyrrole nitrogens is 2. The summed E-state index contributed by atoms with van der Waals surface area (Å²) in [5.41, 5.74) is 20.1. The van der Waals surface area contributed by atoms with E-state index in [1.54, 1.807) is 0 Å². The Balaban J connectivity index is 0.000000129. The van der Waals surface area contributed by atoms with E-state index in [1.807, 2.05) is 39.8 Å². The van der Waals surface area contributed by atoms with Crippen LogP contribution in [0.3, 0.4) is 0 Å². The molecule has 6 aromatic heterocycles. The van der Waals surface area contributed by atoms with Gasteiger partial charge in [-0.2, -0.15) is 10.2 Å². The molecule has 0 amide bonds. The van der Waals surface area contributed by atoms with E-state index in [-0.39, 0.29) is 0 Å². The molecule has 6 heterocycles. The highest BCUT2D eigenvalue weighted by Gasteiger charge is 2.30. The molecule has 13 heteroatoms. The van der Waals surface area contributed by atoms with Gasteiger partial charge in [-0.15, -0.1) is 0 Å². The van der Waals surface area contributed by atoms with E-state index in [2.05, 4.69) is 54.2 Å². The molecule has 0 radical (unpaired) electrons. The predicted molar refractivity (Wildman–Crippen MR) is 183 cm³/mol. The van der Waals surface area contributed by atoms with Gasteiger partial charge >= 0.3 is 0 Å². The number of rotatable bonds is 6. The second-order valence-electron chi connectivity index (χ2n) is 12.3.